The van der Waals surface area contributed by atoms with Crippen LogP contribution in [0.5, 0.6) is 0 Å². The van der Waals surface area contributed by atoms with Crippen LogP contribution in [0.25, 0.3) is 27.8 Å². The zero-order valence-electron chi connectivity index (χ0n) is 17.5. The van der Waals surface area contributed by atoms with Gasteiger partial charge in [0.05, 0.1) is 10.9 Å². The van der Waals surface area contributed by atoms with E-state index in [2.05, 4.69) is 36.8 Å². The molecule has 0 atom stereocenters. The van der Waals surface area contributed by atoms with Gasteiger partial charge in [-0.25, -0.2) is 4.52 Å². The maximum Gasteiger partial charge on any atom is 0.247 e. The van der Waals surface area contributed by atoms with E-state index in [0.717, 1.165) is 33.4 Å². The van der Waals surface area contributed by atoms with Gasteiger partial charge in [0.15, 0.2) is 5.65 Å². The lowest BCUT2D eigenvalue weighted by atomic mass is 9.86. The molecule has 0 saturated carbocycles. The summed E-state index contributed by atoms with van der Waals surface area (Å²) in [4.78, 5) is 26.0. The van der Waals surface area contributed by atoms with E-state index in [0.29, 0.717) is 17.3 Å². The van der Waals surface area contributed by atoms with Crippen LogP contribution in [0.2, 0.25) is 0 Å². The van der Waals surface area contributed by atoms with Crippen LogP contribution in [0, 0.1) is 0 Å². The minimum atomic E-state index is -0.538. The Balaban J connectivity index is 1.37. The van der Waals surface area contributed by atoms with E-state index in [9.17, 15) is 4.79 Å². The summed E-state index contributed by atoms with van der Waals surface area (Å²) in [5.41, 5.74) is 5.17. The van der Waals surface area contributed by atoms with Crippen LogP contribution in [0.4, 0.5) is 17.3 Å². The van der Waals surface area contributed by atoms with E-state index in [1.54, 1.807) is 23.1 Å². The molecular weight excluding hydrogens is 402 g/mol. The molecule has 2 N–H and O–H groups in total. The number of carbonyl (C=O) groups is 1. The predicted octanol–water partition coefficient (Wildman–Crippen LogP) is 4.31. The Morgan fingerprint density at radius 3 is 2.84 bits per heavy atom. The number of pyridine rings is 1. The number of carbonyl (C=O) groups excluding carboxylic acids is 1. The third-order valence-electron chi connectivity index (χ3n) is 5.88. The first-order valence-corrected chi connectivity index (χ1v) is 10.3. The van der Waals surface area contributed by atoms with Gasteiger partial charge < -0.3 is 10.6 Å². The lowest BCUT2D eigenvalue weighted by Crippen LogP contribution is -2.26. The lowest BCUT2D eigenvalue weighted by Gasteiger charge is -2.14. The highest BCUT2D eigenvalue weighted by Gasteiger charge is 2.38. The number of amides is 1. The van der Waals surface area contributed by atoms with Crippen molar-refractivity contribution >= 4 is 39.8 Å². The summed E-state index contributed by atoms with van der Waals surface area (Å²) in [7, 11) is 0. The molecular formula is C24H19N7O. The Kier molecular flexibility index (Phi) is 3.79. The molecule has 0 radical (unpaired) electrons. The van der Waals surface area contributed by atoms with Gasteiger partial charge in [-0.1, -0.05) is 24.3 Å². The number of nitrogens with one attached hydrogen (secondary N) is 2. The van der Waals surface area contributed by atoms with Gasteiger partial charge in [-0.2, -0.15) is 4.98 Å². The summed E-state index contributed by atoms with van der Waals surface area (Å²) in [6.45, 7) is 3.84. The van der Waals surface area contributed by atoms with Gasteiger partial charge >= 0.3 is 0 Å². The lowest BCUT2D eigenvalue weighted by molar-refractivity contribution is -0.119. The van der Waals surface area contributed by atoms with E-state index < -0.39 is 5.41 Å². The largest absolute Gasteiger partial charge is 0.325 e. The van der Waals surface area contributed by atoms with Gasteiger partial charge in [-0.3, -0.25) is 14.8 Å². The minimum absolute atomic E-state index is 0.00443. The van der Waals surface area contributed by atoms with Crippen molar-refractivity contribution < 1.29 is 4.79 Å². The van der Waals surface area contributed by atoms with E-state index in [4.69, 9.17) is 0 Å². The Bertz CT molecular complexity index is 1540. The van der Waals surface area contributed by atoms with Gasteiger partial charge in [0, 0.05) is 40.9 Å². The Morgan fingerprint density at radius 2 is 1.94 bits per heavy atom. The molecule has 6 rings (SSSR count). The van der Waals surface area contributed by atoms with Gasteiger partial charge in [0.25, 0.3) is 0 Å². The zero-order chi connectivity index (χ0) is 21.9. The fraction of sp³-hybridized carbons (Fsp3) is 0.125. The number of fused-ring (bicyclic) bond motifs is 3. The summed E-state index contributed by atoms with van der Waals surface area (Å²) in [5.74, 6) is 0.437. The molecule has 1 aliphatic heterocycles. The number of rotatable bonds is 3. The Labute approximate surface area is 183 Å². The number of hydrogen-bond donors (Lipinski definition) is 2. The zero-order valence-corrected chi connectivity index (χ0v) is 17.5. The molecule has 32 heavy (non-hydrogen) atoms. The van der Waals surface area contributed by atoms with Gasteiger partial charge in [0.1, 0.15) is 5.69 Å². The van der Waals surface area contributed by atoms with Crippen molar-refractivity contribution in [3.05, 3.63) is 72.7 Å². The summed E-state index contributed by atoms with van der Waals surface area (Å²) in [5, 5.41) is 11.8. The van der Waals surface area contributed by atoms with Gasteiger partial charge in [-0.05, 0) is 43.7 Å². The normalized spacial score (nSPS) is 14.5. The predicted molar refractivity (Wildman–Crippen MR) is 123 cm³/mol. The molecule has 1 aliphatic rings. The molecule has 0 unspecified atom stereocenters. The van der Waals surface area contributed by atoms with Crippen molar-refractivity contribution in [2.24, 2.45) is 0 Å². The van der Waals surface area contributed by atoms with Crippen LogP contribution in [-0.2, 0) is 10.2 Å². The van der Waals surface area contributed by atoms with E-state index in [-0.39, 0.29) is 5.91 Å². The highest BCUT2D eigenvalue weighted by Crippen LogP contribution is 2.39. The number of para-hydroxylation sites is 1. The molecule has 8 heteroatoms. The molecule has 3 aromatic heterocycles. The molecule has 1 amide bonds. The fourth-order valence-corrected chi connectivity index (χ4v) is 4.07. The second kappa shape index (κ2) is 6.58. The quantitative estimate of drug-likeness (QED) is 0.451. The van der Waals surface area contributed by atoms with Gasteiger partial charge in [-0.15, -0.1) is 5.10 Å². The van der Waals surface area contributed by atoms with Crippen molar-refractivity contribution in [3.63, 3.8) is 0 Å². The second-order valence-corrected chi connectivity index (χ2v) is 8.36. The molecule has 8 nitrogen and oxygen atoms in total. The van der Waals surface area contributed by atoms with Gasteiger partial charge in [0.2, 0.25) is 11.9 Å². The summed E-state index contributed by atoms with van der Waals surface area (Å²) in [6, 6.07) is 15.8. The monoisotopic (exact) mass is 421 g/mol. The molecule has 0 fully saturated rings. The number of aromatic nitrogens is 5. The number of hydrogen-bond acceptors (Lipinski definition) is 6. The average Bonchev–Trinajstić information content (AvgIpc) is 3.30. The minimum Gasteiger partial charge on any atom is -0.325 e. The molecule has 0 saturated heterocycles. The van der Waals surface area contributed by atoms with E-state index in [1.165, 1.54) is 0 Å². The Morgan fingerprint density at radius 1 is 1.06 bits per heavy atom. The number of anilines is 3. The summed E-state index contributed by atoms with van der Waals surface area (Å²) in [6.07, 6.45) is 5.26. The van der Waals surface area contributed by atoms with Crippen molar-refractivity contribution in [1.29, 1.82) is 0 Å². The molecule has 0 spiro atoms. The first-order chi connectivity index (χ1) is 15.5. The molecule has 2 aromatic carbocycles. The molecule has 156 valence electrons. The SMILES string of the molecule is CC1(C)C(=O)Nc2cc(Nc3nc4c(-c5cnc6ccccc6c5)nccn4n3)ccc21. The van der Waals surface area contributed by atoms with Crippen LogP contribution in [0.3, 0.4) is 0 Å². The molecule has 4 heterocycles. The number of nitrogens with zero attached hydrogens (tertiary/aromatic N) is 5. The van der Waals surface area contributed by atoms with E-state index >= 15 is 0 Å². The maximum absolute atomic E-state index is 12.2. The average molecular weight is 421 g/mol. The smallest absolute Gasteiger partial charge is 0.247 e. The van der Waals surface area contributed by atoms with Crippen molar-refractivity contribution in [2.45, 2.75) is 19.3 Å². The summed E-state index contributed by atoms with van der Waals surface area (Å²) < 4.78 is 1.69. The topological polar surface area (TPSA) is 97.1 Å². The third kappa shape index (κ3) is 2.80. The standard InChI is InChI=1S/C24H19N7O/c1-24(2)17-8-7-16(12-19(17)28-22(24)32)27-23-29-21-20(25-9-10-31(21)30-23)15-11-14-5-3-4-6-18(14)26-13-15/h3-13H,1-2H3,(H,27,30)(H,28,32). The molecule has 5 aromatic rings. The van der Waals surface area contributed by atoms with Crippen LogP contribution in [-0.4, -0.2) is 30.5 Å². The maximum atomic E-state index is 12.2. The van der Waals surface area contributed by atoms with Crippen LogP contribution in [0.15, 0.2) is 67.1 Å². The van der Waals surface area contributed by atoms with Crippen molar-refractivity contribution in [3.8, 4) is 11.3 Å². The first kappa shape index (κ1) is 18.4. The number of benzene rings is 2. The van der Waals surface area contributed by atoms with Crippen LogP contribution >= 0.6 is 0 Å². The second-order valence-electron chi connectivity index (χ2n) is 8.36. The molecule has 0 aliphatic carbocycles. The first-order valence-electron chi connectivity index (χ1n) is 10.3. The van der Waals surface area contributed by atoms with Crippen molar-refractivity contribution in [2.75, 3.05) is 10.6 Å². The highest BCUT2D eigenvalue weighted by atomic mass is 16.2. The third-order valence-corrected chi connectivity index (χ3v) is 5.88. The molecule has 0 bridgehead atoms. The summed E-state index contributed by atoms with van der Waals surface area (Å²) >= 11 is 0. The Hall–Kier alpha value is -4.33. The van der Waals surface area contributed by atoms with E-state index in [1.807, 2.05) is 56.3 Å². The van der Waals surface area contributed by atoms with Crippen molar-refractivity contribution in [1.82, 2.24) is 24.6 Å². The fourth-order valence-electron chi connectivity index (χ4n) is 4.07. The van der Waals surface area contributed by atoms with Crippen LogP contribution in [0.1, 0.15) is 19.4 Å². The highest BCUT2D eigenvalue weighted by molar-refractivity contribution is 6.06. The van der Waals surface area contributed by atoms with Crippen LogP contribution < -0.4 is 10.6 Å².